The molecule has 11 heavy (non-hydrogen) atoms. The van der Waals surface area contributed by atoms with E-state index >= 15 is 0 Å². The molecule has 0 bridgehead atoms. The number of hydrogen-bond acceptors (Lipinski definition) is 2. The minimum atomic E-state index is -3.48. The topological polar surface area (TPSA) is 86.2 Å². The molecule has 0 aromatic heterocycles. The number of rotatable bonds is 0. The van der Waals surface area contributed by atoms with Gasteiger partial charge in [0, 0.05) is 0 Å². The van der Waals surface area contributed by atoms with Crippen LogP contribution in [0.1, 0.15) is 0 Å². The smallest absolute Gasteiger partial charge is 0.253 e. The van der Waals surface area contributed by atoms with E-state index in [0.29, 0.717) is 0 Å². The molecule has 0 saturated heterocycles. The minimum Gasteiger partial charge on any atom is -0.363 e. The van der Waals surface area contributed by atoms with Crippen LogP contribution in [0.3, 0.4) is 0 Å². The molecule has 0 saturated carbocycles. The number of hydrogen-bond donors (Lipinski definition) is 2. The van der Waals surface area contributed by atoms with E-state index < -0.39 is 18.8 Å². The molecular weight excluding hydrogens is 164 g/mol. The molecule has 0 aromatic carbocycles. The van der Waals surface area contributed by atoms with E-state index in [4.69, 9.17) is 11.5 Å². The normalized spacial score (nSPS) is 18.2. The van der Waals surface area contributed by atoms with Crippen LogP contribution in [-0.2, 0) is 0 Å². The molecule has 0 radical (unpaired) electrons. The average Bonchev–Trinajstić information content (AvgIpc) is 1.61. The van der Waals surface area contributed by atoms with Crippen molar-refractivity contribution in [1.29, 1.82) is 0 Å². The summed E-state index contributed by atoms with van der Waals surface area (Å²) in [6.45, 7) is 0. The fraction of sp³-hybridized carbons (Fsp3) is 0.667. The molecule has 0 atom stereocenters. The first-order valence-electron chi connectivity index (χ1n) is 3.03. The Bertz CT molecular complexity index is 216. The first-order valence-corrected chi connectivity index (χ1v) is 7.11. The van der Waals surface area contributed by atoms with Gasteiger partial charge in [0.15, 0.2) is 0 Å². The van der Waals surface area contributed by atoms with Crippen molar-refractivity contribution in [2.24, 2.45) is 11.5 Å². The lowest BCUT2D eigenvalue weighted by atomic mass is 11.4. The minimum absolute atomic E-state index is 0.613. The van der Waals surface area contributed by atoms with Gasteiger partial charge in [-0.15, -0.1) is 0 Å². The summed E-state index contributed by atoms with van der Waals surface area (Å²) in [7, 11) is -3.48. The Morgan fingerprint density at radius 3 is 1.09 bits per heavy atom. The highest BCUT2D eigenvalue weighted by atomic mass is 32.4. The van der Waals surface area contributed by atoms with Crippen LogP contribution in [0.2, 0.25) is 0 Å². The number of carbonyl (C=O) groups excluding carboxylic acids is 2. The van der Waals surface area contributed by atoms with Crippen molar-refractivity contribution in [3.8, 4) is 0 Å². The van der Waals surface area contributed by atoms with E-state index in [1.807, 2.05) is 0 Å². The largest absolute Gasteiger partial charge is 0.363 e. The van der Waals surface area contributed by atoms with Gasteiger partial charge in [-0.1, -0.05) is 0 Å². The number of amides is 2. The molecule has 68 valence electrons. The predicted octanol–water partition coefficient (Wildman–Crippen LogP) is 0.539. The average molecular weight is 180 g/mol. The molecule has 0 rings (SSSR count). The Balaban J connectivity index is 5.57. The Hall–Kier alpha value is -0.710. The van der Waals surface area contributed by atoms with Gasteiger partial charge in [-0.3, -0.25) is 9.59 Å². The number of carbonyl (C=O) groups is 2. The Kier molecular flexibility index (Phi) is 1.45. The van der Waals surface area contributed by atoms with Crippen LogP contribution in [0.15, 0.2) is 0 Å². The maximum Gasteiger partial charge on any atom is 0.253 e. The van der Waals surface area contributed by atoms with E-state index in [1.165, 1.54) is 0 Å². The molecule has 0 aliphatic carbocycles. The first kappa shape index (κ1) is 10.3. The summed E-state index contributed by atoms with van der Waals surface area (Å²) in [5.41, 5.74) is 10.3. The summed E-state index contributed by atoms with van der Waals surface area (Å²) in [6.07, 6.45) is 6.19. The summed E-state index contributed by atoms with van der Waals surface area (Å²) in [5.74, 6) is 0. The van der Waals surface area contributed by atoms with Gasteiger partial charge in [0.05, 0.1) is 0 Å². The summed E-state index contributed by atoms with van der Waals surface area (Å²) < 4.78 is 0. The third-order valence-corrected chi connectivity index (χ3v) is 5.43. The van der Waals surface area contributed by atoms with Crippen molar-refractivity contribution in [3.05, 3.63) is 0 Å². The highest BCUT2D eigenvalue weighted by Crippen LogP contribution is 2.78. The van der Waals surface area contributed by atoms with E-state index in [2.05, 4.69) is 0 Å². The molecule has 4 N–H and O–H groups in total. The van der Waals surface area contributed by atoms with Gasteiger partial charge in [-0.05, 0) is 25.0 Å². The van der Waals surface area contributed by atoms with E-state index in [-0.39, 0.29) is 0 Å². The van der Waals surface area contributed by atoms with Gasteiger partial charge >= 0.3 is 0 Å². The van der Waals surface area contributed by atoms with Gasteiger partial charge in [0.1, 0.15) is 0 Å². The SMILES string of the molecule is CS(C)(C)(C)(C(N)=O)C(N)=O. The zero-order valence-corrected chi connectivity index (χ0v) is 8.20. The van der Waals surface area contributed by atoms with Crippen molar-refractivity contribution in [3.63, 3.8) is 0 Å². The van der Waals surface area contributed by atoms with Crippen LogP contribution < -0.4 is 11.5 Å². The lowest BCUT2D eigenvalue weighted by molar-refractivity contribution is 0.262. The standard InChI is InChI=1S/C6H16N2O2S/c1-11(2,3,4,5(7)9)6(8)10/h1-4H3,(H2,7,9)(H2,8,10). The number of nitrogens with two attached hydrogens (primary N) is 2. The van der Waals surface area contributed by atoms with Crippen molar-refractivity contribution in [2.45, 2.75) is 0 Å². The zero-order valence-electron chi connectivity index (χ0n) is 7.38. The second-order valence-electron chi connectivity index (χ2n) is 4.82. The molecule has 2 amide bonds. The highest BCUT2D eigenvalue weighted by molar-refractivity contribution is 8.81. The van der Waals surface area contributed by atoms with Gasteiger partial charge in [0.25, 0.3) is 10.5 Å². The monoisotopic (exact) mass is 180 g/mol. The van der Waals surface area contributed by atoms with Crippen LogP contribution in [0.5, 0.6) is 0 Å². The molecule has 0 aliphatic heterocycles. The summed E-state index contributed by atoms with van der Waals surface area (Å²) in [4.78, 5) is 22.2. The van der Waals surface area contributed by atoms with Gasteiger partial charge in [-0.25, -0.2) is 0 Å². The van der Waals surface area contributed by atoms with Crippen LogP contribution in [-0.4, -0.2) is 35.5 Å². The lowest BCUT2D eigenvalue weighted by Crippen LogP contribution is -2.51. The molecule has 0 aromatic rings. The van der Waals surface area contributed by atoms with Crippen molar-refractivity contribution >= 4 is 18.8 Å². The Labute approximate surface area is 65.6 Å². The molecule has 4 nitrogen and oxygen atoms in total. The van der Waals surface area contributed by atoms with Gasteiger partial charge < -0.3 is 11.5 Å². The number of primary amides is 2. The second kappa shape index (κ2) is 1.55. The maximum atomic E-state index is 11.1. The van der Waals surface area contributed by atoms with Crippen LogP contribution in [0.25, 0.3) is 0 Å². The molecular formula is C6H16N2O2S. The molecule has 0 unspecified atom stereocenters. The fourth-order valence-corrected chi connectivity index (χ4v) is 0.297. The molecule has 0 spiro atoms. The van der Waals surface area contributed by atoms with E-state index in [0.717, 1.165) is 0 Å². The van der Waals surface area contributed by atoms with E-state index in [9.17, 15) is 9.59 Å². The predicted molar refractivity (Wildman–Crippen MR) is 50.5 cm³/mol. The highest BCUT2D eigenvalue weighted by Gasteiger charge is 2.54. The van der Waals surface area contributed by atoms with Crippen molar-refractivity contribution in [1.82, 2.24) is 0 Å². The molecule has 0 aliphatic rings. The van der Waals surface area contributed by atoms with Crippen LogP contribution in [0, 0.1) is 0 Å². The fourth-order valence-electron chi connectivity index (χ4n) is 0.0991. The Morgan fingerprint density at radius 2 is 1.09 bits per heavy atom. The van der Waals surface area contributed by atoms with Crippen molar-refractivity contribution in [2.75, 3.05) is 25.0 Å². The second-order valence-corrected chi connectivity index (χ2v) is 14.0. The Morgan fingerprint density at radius 1 is 0.909 bits per heavy atom. The van der Waals surface area contributed by atoms with Crippen LogP contribution >= 0.6 is 8.29 Å². The quantitative estimate of drug-likeness (QED) is 0.570. The first-order chi connectivity index (χ1) is 4.41. The summed E-state index contributed by atoms with van der Waals surface area (Å²) in [6, 6.07) is 0. The summed E-state index contributed by atoms with van der Waals surface area (Å²) >= 11 is 0. The molecule has 0 fully saturated rings. The third-order valence-electron chi connectivity index (χ3n) is 1.81. The maximum absolute atomic E-state index is 11.1. The lowest BCUT2D eigenvalue weighted by Gasteiger charge is -2.61. The molecule has 5 heteroatoms. The van der Waals surface area contributed by atoms with Crippen LogP contribution in [0.4, 0.5) is 9.59 Å². The van der Waals surface area contributed by atoms with Crippen molar-refractivity contribution < 1.29 is 9.59 Å². The van der Waals surface area contributed by atoms with Gasteiger partial charge in [-0.2, -0.15) is 8.29 Å². The third kappa shape index (κ3) is 1.33. The zero-order chi connectivity index (χ0) is 9.56. The molecule has 0 heterocycles. The van der Waals surface area contributed by atoms with E-state index in [1.54, 1.807) is 25.0 Å². The van der Waals surface area contributed by atoms with Gasteiger partial charge in [0.2, 0.25) is 0 Å². The summed E-state index contributed by atoms with van der Waals surface area (Å²) in [5, 5.41) is -1.23.